The standard InChI is InChI=1S/C18H22FN3.HI/c1-20-18(22(2)14-15-8-4-3-5-9-15)21-13-12-16-10-6-7-11-17(16)19;/h3-11H,12-14H2,1-2H3,(H,20,21);1H. The molecule has 0 aliphatic rings. The Balaban J connectivity index is 0.00000264. The minimum atomic E-state index is -0.156. The number of nitrogens with zero attached hydrogens (tertiary/aromatic N) is 2. The third kappa shape index (κ3) is 6.17. The second-order valence-corrected chi connectivity index (χ2v) is 5.16. The Morgan fingerprint density at radius 1 is 1.09 bits per heavy atom. The van der Waals surface area contributed by atoms with Crippen molar-refractivity contribution in [2.24, 2.45) is 4.99 Å². The predicted octanol–water partition coefficient (Wildman–Crippen LogP) is 3.69. The van der Waals surface area contributed by atoms with Crippen LogP contribution in [0.25, 0.3) is 0 Å². The molecule has 0 atom stereocenters. The van der Waals surface area contributed by atoms with Crippen molar-refractivity contribution in [1.82, 2.24) is 10.2 Å². The van der Waals surface area contributed by atoms with E-state index in [0.29, 0.717) is 13.0 Å². The van der Waals surface area contributed by atoms with Crippen LogP contribution in [0.5, 0.6) is 0 Å². The topological polar surface area (TPSA) is 27.6 Å². The van der Waals surface area contributed by atoms with Crippen molar-refractivity contribution < 1.29 is 4.39 Å². The van der Waals surface area contributed by atoms with Crippen LogP contribution in [0, 0.1) is 5.82 Å². The first-order chi connectivity index (χ1) is 10.7. The molecule has 2 rings (SSSR count). The van der Waals surface area contributed by atoms with Crippen molar-refractivity contribution in [3.05, 3.63) is 71.5 Å². The number of benzene rings is 2. The molecule has 0 saturated carbocycles. The van der Waals surface area contributed by atoms with Gasteiger partial charge in [0.15, 0.2) is 5.96 Å². The van der Waals surface area contributed by atoms with Gasteiger partial charge < -0.3 is 10.2 Å². The summed E-state index contributed by atoms with van der Waals surface area (Å²) in [4.78, 5) is 6.33. The highest BCUT2D eigenvalue weighted by atomic mass is 127. The molecule has 0 fully saturated rings. The SMILES string of the molecule is CN=C(NCCc1ccccc1F)N(C)Cc1ccccc1.I. The summed E-state index contributed by atoms with van der Waals surface area (Å²) in [5.41, 5.74) is 1.94. The van der Waals surface area contributed by atoms with Gasteiger partial charge in [0, 0.05) is 27.2 Å². The molecule has 0 spiro atoms. The summed E-state index contributed by atoms with van der Waals surface area (Å²) < 4.78 is 13.6. The molecule has 0 aliphatic heterocycles. The molecule has 0 unspecified atom stereocenters. The molecule has 0 bridgehead atoms. The molecule has 0 aromatic heterocycles. The lowest BCUT2D eigenvalue weighted by Gasteiger charge is -2.22. The van der Waals surface area contributed by atoms with Crippen molar-refractivity contribution >= 4 is 29.9 Å². The fourth-order valence-corrected chi connectivity index (χ4v) is 2.33. The maximum absolute atomic E-state index is 13.6. The van der Waals surface area contributed by atoms with Crippen molar-refractivity contribution in [3.8, 4) is 0 Å². The molecule has 0 saturated heterocycles. The lowest BCUT2D eigenvalue weighted by Crippen LogP contribution is -2.39. The molecular formula is C18H23FIN3. The molecular weight excluding hydrogens is 404 g/mol. The van der Waals surface area contributed by atoms with Crippen LogP contribution in [-0.4, -0.2) is 31.5 Å². The fraction of sp³-hybridized carbons (Fsp3) is 0.278. The van der Waals surface area contributed by atoms with Gasteiger partial charge in [-0.1, -0.05) is 48.5 Å². The van der Waals surface area contributed by atoms with Gasteiger partial charge in [0.05, 0.1) is 0 Å². The molecule has 3 nitrogen and oxygen atoms in total. The van der Waals surface area contributed by atoms with Gasteiger partial charge in [-0.05, 0) is 23.6 Å². The van der Waals surface area contributed by atoms with Gasteiger partial charge in [0.25, 0.3) is 0 Å². The Hall–Kier alpha value is -1.63. The van der Waals surface area contributed by atoms with E-state index in [0.717, 1.165) is 18.1 Å². The second-order valence-electron chi connectivity index (χ2n) is 5.16. The zero-order chi connectivity index (χ0) is 15.8. The van der Waals surface area contributed by atoms with Crippen molar-refractivity contribution in [3.63, 3.8) is 0 Å². The highest BCUT2D eigenvalue weighted by Gasteiger charge is 2.07. The molecule has 23 heavy (non-hydrogen) atoms. The zero-order valence-corrected chi connectivity index (χ0v) is 15.8. The molecule has 2 aromatic carbocycles. The average molecular weight is 427 g/mol. The molecule has 0 radical (unpaired) electrons. The van der Waals surface area contributed by atoms with Crippen molar-refractivity contribution in [1.29, 1.82) is 0 Å². The number of hydrogen-bond donors (Lipinski definition) is 1. The summed E-state index contributed by atoms with van der Waals surface area (Å²) in [6.07, 6.45) is 0.630. The largest absolute Gasteiger partial charge is 0.356 e. The van der Waals surface area contributed by atoms with Crippen LogP contribution < -0.4 is 5.32 Å². The van der Waals surface area contributed by atoms with E-state index in [1.807, 2.05) is 37.4 Å². The van der Waals surface area contributed by atoms with E-state index in [-0.39, 0.29) is 29.8 Å². The third-order valence-electron chi connectivity index (χ3n) is 3.47. The van der Waals surface area contributed by atoms with Gasteiger partial charge >= 0.3 is 0 Å². The first-order valence-electron chi connectivity index (χ1n) is 7.40. The van der Waals surface area contributed by atoms with Crippen LogP contribution >= 0.6 is 24.0 Å². The summed E-state index contributed by atoms with van der Waals surface area (Å²) in [6, 6.07) is 17.1. The van der Waals surface area contributed by atoms with Crippen LogP contribution in [0.4, 0.5) is 4.39 Å². The lowest BCUT2D eigenvalue weighted by molar-refractivity contribution is 0.477. The van der Waals surface area contributed by atoms with Crippen molar-refractivity contribution in [2.45, 2.75) is 13.0 Å². The molecule has 1 N–H and O–H groups in total. The van der Waals surface area contributed by atoms with Crippen LogP contribution in [0.15, 0.2) is 59.6 Å². The number of rotatable bonds is 5. The van der Waals surface area contributed by atoms with Gasteiger partial charge in [-0.3, -0.25) is 4.99 Å². The normalized spacial score (nSPS) is 10.8. The van der Waals surface area contributed by atoms with E-state index >= 15 is 0 Å². The Morgan fingerprint density at radius 2 is 1.74 bits per heavy atom. The first-order valence-corrected chi connectivity index (χ1v) is 7.40. The Kier molecular flexibility index (Phi) is 8.61. The predicted molar refractivity (Wildman–Crippen MR) is 105 cm³/mol. The first kappa shape index (κ1) is 19.4. The van der Waals surface area contributed by atoms with E-state index in [1.165, 1.54) is 11.6 Å². The van der Waals surface area contributed by atoms with Gasteiger partial charge in [-0.15, -0.1) is 24.0 Å². The van der Waals surface area contributed by atoms with Gasteiger partial charge in [0.2, 0.25) is 0 Å². The molecule has 0 heterocycles. The lowest BCUT2D eigenvalue weighted by atomic mass is 10.1. The van der Waals surface area contributed by atoms with Crippen LogP contribution in [-0.2, 0) is 13.0 Å². The minimum absolute atomic E-state index is 0. The number of aliphatic imine (C=N–C) groups is 1. The van der Waals surface area contributed by atoms with E-state index in [9.17, 15) is 4.39 Å². The Labute approximate surface area is 154 Å². The van der Waals surface area contributed by atoms with E-state index in [2.05, 4.69) is 27.3 Å². The monoisotopic (exact) mass is 427 g/mol. The van der Waals surface area contributed by atoms with Gasteiger partial charge in [-0.2, -0.15) is 0 Å². The minimum Gasteiger partial charge on any atom is -0.356 e. The number of guanidine groups is 1. The highest BCUT2D eigenvalue weighted by molar-refractivity contribution is 14.0. The molecule has 124 valence electrons. The number of halogens is 2. The van der Waals surface area contributed by atoms with Crippen LogP contribution in [0.2, 0.25) is 0 Å². The molecule has 2 aromatic rings. The third-order valence-corrected chi connectivity index (χ3v) is 3.47. The summed E-state index contributed by atoms with van der Waals surface area (Å²) >= 11 is 0. The van der Waals surface area contributed by atoms with Crippen LogP contribution in [0.1, 0.15) is 11.1 Å². The Morgan fingerprint density at radius 3 is 2.39 bits per heavy atom. The van der Waals surface area contributed by atoms with Gasteiger partial charge in [-0.25, -0.2) is 4.39 Å². The quantitative estimate of drug-likeness (QED) is 0.448. The summed E-state index contributed by atoms with van der Waals surface area (Å²) in [7, 11) is 3.75. The average Bonchev–Trinajstić information content (AvgIpc) is 2.54. The molecule has 0 amide bonds. The fourth-order valence-electron chi connectivity index (χ4n) is 2.33. The van der Waals surface area contributed by atoms with Crippen molar-refractivity contribution in [2.75, 3.05) is 20.6 Å². The van der Waals surface area contributed by atoms with E-state index in [1.54, 1.807) is 13.1 Å². The summed E-state index contributed by atoms with van der Waals surface area (Å²) in [6.45, 7) is 1.42. The second kappa shape index (κ2) is 10.2. The smallest absolute Gasteiger partial charge is 0.193 e. The number of nitrogens with one attached hydrogen (secondary N) is 1. The van der Waals surface area contributed by atoms with Crippen LogP contribution in [0.3, 0.4) is 0 Å². The van der Waals surface area contributed by atoms with E-state index < -0.39 is 0 Å². The summed E-state index contributed by atoms with van der Waals surface area (Å²) in [5.74, 6) is 0.650. The maximum atomic E-state index is 13.6. The van der Waals surface area contributed by atoms with E-state index in [4.69, 9.17) is 0 Å². The van der Waals surface area contributed by atoms with Gasteiger partial charge in [0.1, 0.15) is 5.82 Å². The maximum Gasteiger partial charge on any atom is 0.193 e. The zero-order valence-electron chi connectivity index (χ0n) is 13.5. The molecule has 5 heteroatoms. The Bertz CT molecular complexity index is 617. The summed E-state index contributed by atoms with van der Waals surface area (Å²) in [5, 5.41) is 3.27. The highest BCUT2D eigenvalue weighted by Crippen LogP contribution is 2.06. The number of hydrogen-bond acceptors (Lipinski definition) is 1. The molecule has 0 aliphatic carbocycles.